The predicted octanol–water partition coefficient (Wildman–Crippen LogP) is 3.31. The summed E-state index contributed by atoms with van der Waals surface area (Å²) in [4.78, 5) is 0. The number of allylic oxidation sites excluding steroid dienone is 3. The molecule has 0 spiro atoms. The second-order valence-electron chi connectivity index (χ2n) is 4.96. The van der Waals surface area contributed by atoms with Crippen molar-refractivity contribution in [3.63, 3.8) is 0 Å². The van der Waals surface area contributed by atoms with E-state index in [-0.39, 0.29) is 12.5 Å². The third kappa shape index (κ3) is 2.15. The Balaban J connectivity index is 2.11. The van der Waals surface area contributed by atoms with Crippen molar-refractivity contribution in [1.29, 1.82) is 0 Å². The normalized spacial score (nSPS) is 25.0. The van der Waals surface area contributed by atoms with Gasteiger partial charge in [-0.15, -0.1) is 0 Å². The third-order valence-corrected chi connectivity index (χ3v) is 4.41. The minimum Gasteiger partial charge on any atom is -0.395 e. The molecule has 1 aliphatic carbocycles. The van der Waals surface area contributed by atoms with Gasteiger partial charge in [0.1, 0.15) is 0 Å². The van der Waals surface area contributed by atoms with Crippen molar-refractivity contribution in [3.8, 4) is 0 Å². The van der Waals surface area contributed by atoms with E-state index < -0.39 is 5.41 Å². The highest BCUT2D eigenvalue weighted by atomic mass is 79.9. The van der Waals surface area contributed by atoms with E-state index >= 15 is 0 Å². The van der Waals surface area contributed by atoms with Gasteiger partial charge in [-0.1, -0.05) is 52.4 Å². The SMILES string of the molecule is OCC1(c2ccc(Br)cc2)C=CC=CC1c1cn[nH]c1. The first-order valence-electron chi connectivity index (χ1n) is 6.48. The molecule has 1 heterocycles. The Morgan fingerprint density at radius 1 is 1.25 bits per heavy atom. The van der Waals surface area contributed by atoms with E-state index in [1.165, 1.54) is 0 Å². The van der Waals surface area contributed by atoms with Crippen LogP contribution in [0.25, 0.3) is 0 Å². The molecule has 102 valence electrons. The van der Waals surface area contributed by atoms with Crippen LogP contribution in [0.5, 0.6) is 0 Å². The first kappa shape index (κ1) is 13.3. The van der Waals surface area contributed by atoms with Crippen molar-refractivity contribution in [2.45, 2.75) is 11.3 Å². The number of aromatic nitrogens is 2. The van der Waals surface area contributed by atoms with Crippen LogP contribution in [0.3, 0.4) is 0 Å². The molecule has 4 heteroatoms. The molecule has 2 aromatic rings. The predicted molar refractivity (Wildman–Crippen MR) is 82.5 cm³/mol. The summed E-state index contributed by atoms with van der Waals surface area (Å²) in [7, 11) is 0. The summed E-state index contributed by atoms with van der Waals surface area (Å²) in [5.74, 6) is 0.0671. The Kier molecular flexibility index (Phi) is 3.59. The largest absolute Gasteiger partial charge is 0.395 e. The van der Waals surface area contributed by atoms with Crippen molar-refractivity contribution >= 4 is 15.9 Å². The number of aliphatic hydroxyl groups excluding tert-OH is 1. The summed E-state index contributed by atoms with van der Waals surface area (Å²) in [6.07, 6.45) is 11.9. The summed E-state index contributed by atoms with van der Waals surface area (Å²) in [5.41, 5.74) is 1.72. The fourth-order valence-electron chi connectivity index (χ4n) is 2.80. The maximum atomic E-state index is 10.1. The minimum atomic E-state index is -0.445. The van der Waals surface area contributed by atoms with E-state index in [0.29, 0.717) is 0 Å². The standard InChI is InChI=1S/C16H15BrN2O/c17-14-6-4-13(5-7-14)16(11-20)8-2-1-3-15(16)12-9-18-19-10-12/h1-10,15,20H,11H2,(H,18,19). The van der Waals surface area contributed by atoms with Crippen molar-refractivity contribution in [2.75, 3.05) is 6.61 Å². The smallest absolute Gasteiger partial charge is 0.0571 e. The molecule has 0 saturated heterocycles. The highest BCUT2D eigenvalue weighted by molar-refractivity contribution is 9.10. The van der Waals surface area contributed by atoms with Gasteiger partial charge in [0, 0.05) is 22.0 Å². The van der Waals surface area contributed by atoms with E-state index in [0.717, 1.165) is 15.6 Å². The Morgan fingerprint density at radius 3 is 2.70 bits per heavy atom. The fraction of sp³-hybridized carbons (Fsp3) is 0.188. The molecular weight excluding hydrogens is 316 g/mol. The molecule has 0 radical (unpaired) electrons. The van der Waals surface area contributed by atoms with E-state index in [1.807, 2.05) is 36.7 Å². The Bertz CT molecular complexity index is 631. The summed E-state index contributed by atoms with van der Waals surface area (Å²) >= 11 is 3.45. The van der Waals surface area contributed by atoms with E-state index in [2.05, 4.69) is 50.4 Å². The lowest BCUT2D eigenvalue weighted by Crippen LogP contribution is -2.35. The molecule has 2 N–H and O–H groups in total. The first-order valence-corrected chi connectivity index (χ1v) is 7.27. The van der Waals surface area contributed by atoms with E-state index in [4.69, 9.17) is 0 Å². The van der Waals surface area contributed by atoms with Gasteiger partial charge < -0.3 is 5.11 Å². The molecule has 3 rings (SSSR count). The van der Waals surface area contributed by atoms with Gasteiger partial charge in [-0.3, -0.25) is 5.10 Å². The van der Waals surface area contributed by atoms with Gasteiger partial charge in [0.15, 0.2) is 0 Å². The topological polar surface area (TPSA) is 48.9 Å². The van der Waals surface area contributed by atoms with Crippen LogP contribution in [0.4, 0.5) is 0 Å². The minimum absolute atomic E-state index is 0.0469. The number of halogens is 1. The number of hydrogen-bond acceptors (Lipinski definition) is 2. The zero-order chi connectivity index (χ0) is 14.0. The van der Waals surface area contributed by atoms with Gasteiger partial charge in [0.2, 0.25) is 0 Å². The summed E-state index contributed by atoms with van der Waals surface area (Å²) in [6, 6.07) is 8.12. The van der Waals surface area contributed by atoms with Gasteiger partial charge >= 0.3 is 0 Å². The average molecular weight is 331 g/mol. The van der Waals surface area contributed by atoms with Crippen LogP contribution in [-0.4, -0.2) is 21.9 Å². The van der Waals surface area contributed by atoms with Crippen molar-refractivity contribution in [2.24, 2.45) is 0 Å². The van der Waals surface area contributed by atoms with Gasteiger partial charge in [0.05, 0.1) is 12.8 Å². The van der Waals surface area contributed by atoms with Crippen LogP contribution in [0.15, 0.2) is 65.4 Å². The molecule has 0 bridgehead atoms. The molecule has 0 amide bonds. The second-order valence-corrected chi connectivity index (χ2v) is 5.87. The van der Waals surface area contributed by atoms with Gasteiger partial charge in [-0.05, 0) is 23.3 Å². The lowest BCUT2D eigenvalue weighted by molar-refractivity contribution is 0.212. The van der Waals surface area contributed by atoms with Gasteiger partial charge in [0.25, 0.3) is 0 Å². The zero-order valence-electron chi connectivity index (χ0n) is 10.8. The average Bonchev–Trinajstić information content (AvgIpc) is 3.02. The number of aliphatic hydroxyl groups is 1. The first-order chi connectivity index (χ1) is 9.76. The van der Waals surface area contributed by atoms with E-state index in [9.17, 15) is 5.11 Å². The second kappa shape index (κ2) is 5.38. The van der Waals surface area contributed by atoms with Crippen molar-refractivity contribution < 1.29 is 5.11 Å². The Morgan fingerprint density at radius 2 is 2.05 bits per heavy atom. The molecule has 0 fully saturated rings. The molecule has 1 aromatic heterocycles. The summed E-state index contributed by atoms with van der Waals surface area (Å²) in [6.45, 7) is 0.0469. The van der Waals surface area contributed by atoms with Crippen LogP contribution in [0, 0.1) is 0 Å². The molecule has 1 aliphatic rings. The highest BCUT2D eigenvalue weighted by Crippen LogP contribution is 2.43. The third-order valence-electron chi connectivity index (χ3n) is 3.89. The number of H-pyrrole nitrogens is 1. The van der Waals surface area contributed by atoms with Crippen molar-refractivity contribution in [3.05, 3.63) is 76.6 Å². The highest BCUT2D eigenvalue weighted by Gasteiger charge is 2.38. The number of benzene rings is 1. The van der Waals surface area contributed by atoms with Crippen molar-refractivity contribution in [1.82, 2.24) is 10.2 Å². The quantitative estimate of drug-likeness (QED) is 0.907. The number of nitrogens with zero attached hydrogens (tertiary/aromatic N) is 1. The maximum absolute atomic E-state index is 10.1. The van der Waals surface area contributed by atoms with Gasteiger partial charge in [-0.25, -0.2) is 0 Å². The molecule has 1 aromatic carbocycles. The van der Waals surface area contributed by atoms with Gasteiger partial charge in [-0.2, -0.15) is 5.10 Å². The van der Waals surface area contributed by atoms with Crippen LogP contribution >= 0.6 is 15.9 Å². The molecule has 0 aliphatic heterocycles. The number of aromatic amines is 1. The number of hydrogen-bond donors (Lipinski definition) is 2. The lowest BCUT2D eigenvalue weighted by Gasteiger charge is -2.37. The fourth-order valence-corrected chi connectivity index (χ4v) is 3.06. The summed E-state index contributed by atoms with van der Waals surface area (Å²) in [5, 5.41) is 17.0. The molecule has 2 unspecified atom stereocenters. The summed E-state index contributed by atoms with van der Waals surface area (Å²) < 4.78 is 1.03. The van der Waals surface area contributed by atoms with Crippen LogP contribution < -0.4 is 0 Å². The molecule has 2 atom stereocenters. The van der Waals surface area contributed by atoms with Crippen LogP contribution in [0.2, 0.25) is 0 Å². The number of nitrogens with one attached hydrogen (secondary N) is 1. The van der Waals surface area contributed by atoms with Crippen LogP contribution in [0.1, 0.15) is 17.0 Å². The lowest BCUT2D eigenvalue weighted by atomic mass is 9.66. The molecule has 3 nitrogen and oxygen atoms in total. The number of rotatable bonds is 3. The zero-order valence-corrected chi connectivity index (χ0v) is 12.4. The molecule has 0 saturated carbocycles. The van der Waals surface area contributed by atoms with Crippen LogP contribution in [-0.2, 0) is 5.41 Å². The van der Waals surface area contributed by atoms with E-state index in [1.54, 1.807) is 0 Å². The monoisotopic (exact) mass is 330 g/mol. The molecular formula is C16H15BrN2O. The Labute approximate surface area is 126 Å². The molecule has 20 heavy (non-hydrogen) atoms. The Hall–Kier alpha value is -1.65. The maximum Gasteiger partial charge on any atom is 0.0571 e.